The number of fused-ring (bicyclic) bond motifs is 1. The predicted octanol–water partition coefficient (Wildman–Crippen LogP) is 1.73. The van der Waals surface area contributed by atoms with E-state index in [2.05, 4.69) is 31.2 Å². The lowest BCUT2D eigenvalue weighted by atomic mass is 9.89. The minimum Gasteiger partial charge on any atom is -0.336 e. The molecule has 0 aromatic carbocycles. The first-order valence-corrected chi connectivity index (χ1v) is 9.02. The molecule has 0 radical (unpaired) electrons. The second-order valence-electron chi connectivity index (χ2n) is 8.48. The van der Waals surface area contributed by atoms with Crippen molar-refractivity contribution in [1.29, 1.82) is 0 Å². The van der Waals surface area contributed by atoms with Gasteiger partial charge in [0.2, 0.25) is 0 Å². The standard InChI is InChI=1S/C18H29N5O2/c1-11(2)23-14-7-8-22(10-13(14)19-17(23)25)16(24)12-9-21(6)20-15(12)18(3,4)5/h9,11,13-14H,7-8,10H2,1-6H3,(H,19,25)/t13-,14+/m1/s1. The summed E-state index contributed by atoms with van der Waals surface area (Å²) in [7, 11) is 1.84. The molecule has 2 saturated heterocycles. The number of carbonyl (C=O) groups is 2. The molecule has 1 N–H and O–H groups in total. The van der Waals surface area contributed by atoms with Gasteiger partial charge in [-0.1, -0.05) is 20.8 Å². The highest BCUT2D eigenvalue weighted by molar-refractivity contribution is 5.95. The molecule has 25 heavy (non-hydrogen) atoms. The Hall–Kier alpha value is -2.05. The molecule has 3 rings (SSSR count). The Labute approximate surface area is 149 Å². The Bertz CT molecular complexity index is 688. The number of aryl methyl sites for hydroxylation is 1. The van der Waals surface area contributed by atoms with Gasteiger partial charge >= 0.3 is 6.03 Å². The summed E-state index contributed by atoms with van der Waals surface area (Å²) in [6.45, 7) is 11.5. The number of rotatable bonds is 2. The van der Waals surface area contributed by atoms with Crippen molar-refractivity contribution < 1.29 is 9.59 Å². The van der Waals surface area contributed by atoms with Crippen molar-refractivity contribution in [3.63, 3.8) is 0 Å². The first kappa shape index (κ1) is 17.8. The first-order valence-electron chi connectivity index (χ1n) is 9.02. The van der Waals surface area contributed by atoms with Gasteiger partial charge in [0.25, 0.3) is 5.91 Å². The molecule has 0 saturated carbocycles. The van der Waals surface area contributed by atoms with E-state index < -0.39 is 0 Å². The molecule has 2 aliphatic heterocycles. The van der Waals surface area contributed by atoms with Crippen molar-refractivity contribution in [3.8, 4) is 0 Å². The van der Waals surface area contributed by atoms with Crippen LogP contribution in [0.4, 0.5) is 4.79 Å². The number of nitrogens with one attached hydrogen (secondary N) is 1. The van der Waals surface area contributed by atoms with Crippen LogP contribution in [0.1, 0.15) is 57.1 Å². The number of nitrogens with zero attached hydrogens (tertiary/aromatic N) is 4. The maximum Gasteiger partial charge on any atom is 0.318 e. The van der Waals surface area contributed by atoms with E-state index in [-0.39, 0.29) is 35.5 Å². The quantitative estimate of drug-likeness (QED) is 0.886. The van der Waals surface area contributed by atoms with E-state index in [1.165, 1.54) is 0 Å². The molecule has 138 valence electrons. The average molecular weight is 347 g/mol. The molecule has 2 atom stereocenters. The molecular formula is C18H29N5O2. The maximum atomic E-state index is 13.1. The lowest BCUT2D eigenvalue weighted by molar-refractivity contribution is 0.0642. The van der Waals surface area contributed by atoms with Crippen molar-refractivity contribution in [2.24, 2.45) is 7.05 Å². The molecule has 0 unspecified atom stereocenters. The smallest absolute Gasteiger partial charge is 0.318 e. The third-order valence-electron chi connectivity index (χ3n) is 5.09. The van der Waals surface area contributed by atoms with E-state index in [1.54, 1.807) is 4.68 Å². The summed E-state index contributed by atoms with van der Waals surface area (Å²) in [5.74, 6) is 0.00807. The summed E-state index contributed by atoms with van der Waals surface area (Å²) >= 11 is 0. The zero-order valence-corrected chi connectivity index (χ0v) is 16.0. The van der Waals surface area contributed by atoms with E-state index in [9.17, 15) is 9.59 Å². The molecule has 0 spiro atoms. The lowest BCUT2D eigenvalue weighted by Crippen LogP contribution is -2.53. The van der Waals surface area contributed by atoms with Crippen LogP contribution in [0, 0.1) is 0 Å². The zero-order valence-electron chi connectivity index (χ0n) is 16.0. The second-order valence-corrected chi connectivity index (χ2v) is 8.48. The maximum absolute atomic E-state index is 13.1. The Morgan fingerprint density at radius 2 is 2.04 bits per heavy atom. The van der Waals surface area contributed by atoms with Crippen LogP contribution < -0.4 is 5.32 Å². The van der Waals surface area contributed by atoms with Crippen LogP contribution in [-0.4, -0.2) is 62.7 Å². The van der Waals surface area contributed by atoms with Crippen molar-refractivity contribution >= 4 is 11.9 Å². The van der Waals surface area contributed by atoms with Gasteiger partial charge in [-0.3, -0.25) is 9.48 Å². The number of amides is 3. The summed E-state index contributed by atoms with van der Waals surface area (Å²) in [5, 5.41) is 7.55. The van der Waals surface area contributed by atoms with Crippen LogP contribution in [-0.2, 0) is 12.5 Å². The van der Waals surface area contributed by atoms with Crippen LogP contribution in [0.5, 0.6) is 0 Å². The Morgan fingerprint density at radius 1 is 1.36 bits per heavy atom. The van der Waals surface area contributed by atoms with Crippen molar-refractivity contribution in [2.45, 2.75) is 64.6 Å². The van der Waals surface area contributed by atoms with E-state index in [0.717, 1.165) is 12.1 Å². The van der Waals surface area contributed by atoms with Crippen molar-refractivity contribution in [3.05, 3.63) is 17.5 Å². The largest absolute Gasteiger partial charge is 0.336 e. The summed E-state index contributed by atoms with van der Waals surface area (Å²) in [4.78, 5) is 29.1. The Kier molecular flexibility index (Phi) is 4.29. The third-order valence-corrected chi connectivity index (χ3v) is 5.09. The molecule has 7 heteroatoms. The summed E-state index contributed by atoms with van der Waals surface area (Å²) in [5.41, 5.74) is 1.29. The predicted molar refractivity (Wildman–Crippen MR) is 95.5 cm³/mol. The van der Waals surface area contributed by atoms with E-state index in [0.29, 0.717) is 18.7 Å². The van der Waals surface area contributed by atoms with Crippen LogP contribution in [0.2, 0.25) is 0 Å². The van der Waals surface area contributed by atoms with Crippen molar-refractivity contribution in [2.75, 3.05) is 13.1 Å². The fraction of sp³-hybridized carbons (Fsp3) is 0.722. The van der Waals surface area contributed by atoms with Crippen molar-refractivity contribution in [1.82, 2.24) is 24.9 Å². The fourth-order valence-corrected chi connectivity index (χ4v) is 3.97. The molecule has 2 fully saturated rings. The number of hydrogen-bond acceptors (Lipinski definition) is 3. The summed E-state index contributed by atoms with van der Waals surface area (Å²) < 4.78 is 1.71. The third kappa shape index (κ3) is 3.12. The molecule has 1 aromatic rings. The number of piperidine rings is 1. The molecule has 0 aliphatic carbocycles. The summed E-state index contributed by atoms with van der Waals surface area (Å²) in [6, 6.07) is 0.328. The fourth-order valence-electron chi connectivity index (χ4n) is 3.97. The monoisotopic (exact) mass is 347 g/mol. The van der Waals surface area contributed by atoms with Gasteiger partial charge in [0.15, 0.2) is 0 Å². The zero-order chi connectivity index (χ0) is 18.5. The van der Waals surface area contributed by atoms with Gasteiger partial charge in [0, 0.05) is 37.8 Å². The van der Waals surface area contributed by atoms with E-state index in [4.69, 9.17) is 0 Å². The molecule has 1 aromatic heterocycles. The number of likely N-dealkylation sites (tertiary alicyclic amines) is 1. The van der Waals surface area contributed by atoms with Gasteiger partial charge in [0.05, 0.1) is 23.3 Å². The SMILES string of the molecule is CC(C)N1C(=O)N[C@@H]2CN(C(=O)c3cn(C)nc3C(C)(C)C)CC[C@@H]21. The van der Waals surface area contributed by atoms with Crippen LogP contribution >= 0.6 is 0 Å². The normalized spacial score (nSPS) is 23.9. The minimum absolute atomic E-state index is 0.00218. The van der Waals surface area contributed by atoms with Gasteiger partial charge in [-0.2, -0.15) is 5.10 Å². The highest BCUT2D eigenvalue weighted by Gasteiger charge is 2.45. The highest BCUT2D eigenvalue weighted by atomic mass is 16.2. The molecule has 0 bridgehead atoms. The molecule has 3 heterocycles. The van der Waals surface area contributed by atoms with Gasteiger partial charge < -0.3 is 15.1 Å². The van der Waals surface area contributed by atoms with Crippen LogP contribution in [0.3, 0.4) is 0 Å². The van der Waals surface area contributed by atoms with Crippen LogP contribution in [0.15, 0.2) is 6.20 Å². The van der Waals surface area contributed by atoms with Gasteiger partial charge in [-0.05, 0) is 20.3 Å². The van der Waals surface area contributed by atoms with E-state index in [1.807, 2.05) is 36.9 Å². The number of hydrogen-bond donors (Lipinski definition) is 1. The summed E-state index contributed by atoms with van der Waals surface area (Å²) in [6.07, 6.45) is 2.61. The number of aromatic nitrogens is 2. The number of urea groups is 1. The molecule has 3 amide bonds. The number of carbonyl (C=O) groups excluding carboxylic acids is 2. The first-order chi connectivity index (χ1) is 11.6. The van der Waals surface area contributed by atoms with Gasteiger partial charge in [0.1, 0.15) is 0 Å². The van der Waals surface area contributed by atoms with Gasteiger partial charge in [-0.25, -0.2) is 4.79 Å². The highest BCUT2D eigenvalue weighted by Crippen LogP contribution is 2.28. The average Bonchev–Trinajstić information content (AvgIpc) is 3.04. The Morgan fingerprint density at radius 3 is 2.64 bits per heavy atom. The van der Waals surface area contributed by atoms with E-state index >= 15 is 0 Å². The lowest BCUT2D eigenvalue weighted by Gasteiger charge is -2.38. The minimum atomic E-state index is -0.194. The molecule has 7 nitrogen and oxygen atoms in total. The molecular weight excluding hydrogens is 318 g/mol. The topological polar surface area (TPSA) is 70.5 Å². The second kappa shape index (κ2) is 6.04. The van der Waals surface area contributed by atoms with Crippen LogP contribution in [0.25, 0.3) is 0 Å². The molecule has 2 aliphatic rings. The van der Waals surface area contributed by atoms with Gasteiger partial charge in [-0.15, -0.1) is 0 Å². The Balaban J connectivity index is 1.80.